The Kier molecular flexibility index (Phi) is 4.87. The molecule has 3 aromatic rings. The SMILES string of the molecule is COc1ccc(CCn2c(O)c(C3=c4cccc(C)c4=NC3=O)sc2=S)cc1. The molecule has 0 radical (unpaired) electrons. The van der Waals surface area contributed by atoms with E-state index < -0.39 is 0 Å². The van der Waals surface area contributed by atoms with Crippen LogP contribution in [0.25, 0.3) is 5.57 Å². The van der Waals surface area contributed by atoms with Crippen molar-refractivity contribution in [1.82, 2.24) is 4.57 Å². The fourth-order valence-electron chi connectivity index (χ4n) is 3.29. The molecule has 142 valence electrons. The Labute approximate surface area is 170 Å². The molecule has 1 aromatic heterocycles. The predicted molar refractivity (Wildman–Crippen MR) is 111 cm³/mol. The zero-order valence-corrected chi connectivity index (χ0v) is 17.1. The molecule has 7 heteroatoms. The number of benzene rings is 2. The minimum Gasteiger partial charge on any atom is -0.497 e. The molecule has 0 saturated heterocycles. The summed E-state index contributed by atoms with van der Waals surface area (Å²) in [5.74, 6) is 0.490. The first-order valence-corrected chi connectivity index (χ1v) is 10.0. The number of nitrogens with zero attached hydrogens (tertiary/aromatic N) is 2. The average molecular weight is 411 g/mol. The number of rotatable bonds is 5. The number of aromatic nitrogens is 1. The third kappa shape index (κ3) is 3.16. The van der Waals surface area contributed by atoms with Crippen molar-refractivity contribution in [2.24, 2.45) is 4.99 Å². The maximum atomic E-state index is 12.5. The van der Waals surface area contributed by atoms with E-state index in [4.69, 9.17) is 17.0 Å². The number of fused-ring (bicyclic) bond motifs is 1. The van der Waals surface area contributed by atoms with Crippen molar-refractivity contribution in [3.8, 4) is 11.6 Å². The predicted octanol–water partition coefficient (Wildman–Crippen LogP) is 2.90. The van der Waals surface area contributed by atoms with Gasteiger partial charge < -0.3 is 9.84 Å². The van der Waals surface area contributed by atoms with Gasteiger partial charge in [-0.3, -0.25) is 9.36 Å². The van der Waals surface area contributed by atoms with Gasteiger partial charge in [0.2, 0.25) is 5.88 Å². The molecule has 0 spiro atoms. The fraction of sp³-hybridized carbons (Fsp3) is 0.190. The lowest BCUT2D eigenvalue weighted by atomic mass is 10.1. The minimum atomic E-state index is -0.335. The standard InChI is InChI=1S/C21H18N2O3S2/c1-12-4-3-5-15-16(19(24)22-17(12)15)18-20(25)23(21(27)28-18)11-10-13-6-8-14(26-2)9-7-13/h3-9,25H,10-11H2,1-2H3. The fourth-order valence-corrected chi connectivity index (χ4v) is 4.68. The molecule has 28 heavy (non-hydrogen) atoms. The number of hydrogen-bond acceptors (Lipinski definition) is 5. The summed E-state index contributed by atoms with van der Waals surface area (Å²) >= 11 is 6.70. The van der Waals surface area contributed by atoms with E-state index in [0.29, 0.717) is 32.7 Å². The summed E-state index contributed by atoms with van der Waals surface area (Å²) in [4.78, 5) is 17.2. The number of amides is 1. The summed E-state index contributed by atoms with van der Waals surface area (Å²) in [5.41, 5.74) is 2.47. The Morgan fingerprint density at radius 1 is 1.21 bits per heavy atom. The topological polar surface area (TPSA) is 63.8 Å². The second-order valence-corrected chi connectivity index (χ2v) is 8.18. The van der Waals surface area contributed by atoms with Crippen LogP contribution in [0.4, 0.5) is 0 Å². The van der Waals surface area contributed by atoms with E-state index in [1.54, 1.807) is 11.7 Å². The molecular weight excluding hydrogens is 392 g/mol. The molecule has 1 aliphatic heterocycles. The summed E-state index contributed by atoms with van der Waals surface area (Å²) in [5, 5.41) is 12.2. The van der Waals surface area contributed by atoms with Crippen LogP contribution in [0.5, 0.6) is 11.6 Å². The van der Waals surface area contributed by atoms with Crippen molar-refractivity contribution in [1.29, 1.82) is 0 Å². The van der Waals surface area contributed by atoms with Crippen LogP contribution in [0.15, 0.2) is 47.5 Å². The first-order chi connectivity index (χ1) is 13.5. The monoisotopic (exact) mass is 410 g/mol. The van der Waals surface area contributed by atoms with Crippen molar-refractivity contribution >= 4 is 35.0 Å². The number of thiazole rings is 1. The maximum Gasteiger partial charge on any atom is 0.279 e. The Morgan fingerprint density at radius 3 is 2.68 bits per heavy atom. The quantitative estimate of drug-likeness (QED) is 0.657. The van der Waals surface area contributed by atoms with E-state index in [1.165, 1.54) is 11.3 Å². The number of aromatic hydroxyl groups is 1. The van der Waals surface area contributed by atoms with Crippen LogP contribution in [0.2, 0.25) is 0 Å². The van der Waals surface area contributed by atoms with E-state index in [1.807, 2.05) is 49.4 Å². The van der Waals surface area contributed by atoms with Gasteiger partial charge in [-0.2, -0.15) is 0 Å². The van der Waals surface area contributed by atoms with Crippen molar-refractivity contribution in [3.63, 3.8) is 0 Å². The number of carbonyl (C=O) groups is 1. The second kappa shape index (κ2) is 7.33. The highest BCUT2D eigenvalue weighted by Crippen LogP contribution is 2.32. The van der Waals surface area contributed by atoms with Gasteiger partial charge >= 0.3 is 0 Å². The van der Waals surface area contributed by atoms with E-state index >= 15 is 0 Å². The van der Waals surface area contributed by atoms with E-state index in [9.17, 15) is 9.90 Å². The highest BCUT2D eigenvalue weighted by molar-refractivity contribution is 7.73. The lowest BCUT2D eigenvalue weighted by Crippen LogP contribution is -2.25. The first kappa shape index (κ1) is 18.6. The van der Waals surface area contributed by atoms with Crippen molar-refractivity contribution in [2.45, 2.75) is 19.9 Å². The van der Waals surface area contributed by atoms with Crippen LogP contribution in [0.3, 0.4) is 0 Å². The number of carbonyl (C=O) groups excluding carboxylic acids is 1. The van der Waals surface area contributed by atoms with Gasteiger partial charge in [0.1, 0.15) is 10.6 Å². The Bertz CT molecular complexity index is 1250. The van der Waals surface area contributed by atoms with Gasteiger partial charge in [-0.1, -0.05) is 30.3 Å². The van der Waals surface area contributed by atoms with Gasteiger partial charge in [-0.05, 0) is 48.8 Å². The number of aryl methyl sites for hydroxylation is 2. The minimum absolute atomic E-state index is 0.0245. The number of methoxy groups -OCH3 is 1. The van der Waals surface area contributed by atoms with Crippen LogP contribution in [-0.4, -0.2) is 22.7 Å². The van der Waals surface area contributed by atoms with Gasteiger partial charge in [0.25, 0.3) is 5.91 Å². The zero-order chi connectivity index (χ0) is 19.8. The number of ether oxygens (including phenoxy) is 1. The summed E-state index contributed by atoms with van der Waals surface area (Å²) in [6, 6.07) is 13.4. The molecule has 2 aromatic carbocycles. The largest absolute Gasteiger partial charge is 0.497 e. The molecule has 1 aliphatic rings. The molecular formula is C21H18N2O3S2. The normalized spacial score (nSPS) is 12.8. The zero-order valence-electron chi connectivity index (χ0n) is 15.4. The van der Waals surface area contributed by atoms with Gasteiger partial charge in [0.15, 0.2) is 3.95 Å². The van der Waals surface area contributed by atoms with E-state index in [0.717, 1.165) is 22.1 Å². The average Bonchev–Trinajstić information content (AvgIpc) is 3.17. The molecule has 4 rings (SSSR count). The number of hydrogen-bond donors (Lipinski definition) is 1. The highest BCUT2D eigenvalue weighted by Gasteiger charge is 2.25. The molecule has 1 amide bonds. The third-order valence-corrected chi connectivity index (χ3v) is 6.27. The van der Waals surface area contributed by atoms with Crippen LogP contribution < -0.4 is 15.3 Å². The van der Waals surface area contributed by atoms with Crippen LogP contribution in [-0.2, 0) is 17.8 Å². The summed E-state index contributed by atoms with van der Waals surface area (Å²) < 4.78 is 7.38. The van der Waals surface area contributed by atoms with Crippen molar-refractivity contribution in [2.75, 3.05) is 7.11 Å². The summed E-state index contributed by atoms with van der Waals surface area (Å²) in [6.45, 7) is 2.44. The van der Waals surface area contributed by atoms with Crippen LogP contribution >= 0.6 is 23.6 Å². The smallest absolute Gasteiger partial charge is 0.279 e. The summed E-state index contributed by atoms with van der Waals surface area (Å²) in [6.07, 6.45) is 0.700. The molecule has 0 fully saturated rings. The van der Waals surface area contributed by atoms with Gasteiger partial charge in [-0.25, -0.2) is 4.99 Å². The maximum absolute atomic E-state index is 12.5. The molecule has 5 nitrogen and oxygen atoms in total. The molecule has 0 unspecified atom stereocenters. The van der Waals surface area contributed by atoms with Crippen LogP contribution in [0, 0.1) is 10.9 Å². The van der Waals surface area contributed by atoms with Crippen molar-refractivity contribution in [3.05, 3.63) is 73.0 Å². The molecule has 0 saturated carbocycles. The van der Waals surface area contributed by atoms with Gasteiger partial charge in [0, 0.05) is 11.8 Å². The van der Waals surface area contributed by atoms with Crippen LogP contribution in [0.1, 0.15) is 16.0 Å². The molecule has 2 heterocycles. The molecule has 0 bridgehead atoms. The lowest BCUT2D eigenvalue weighted by molar-refractivity contribution is -0.112. The van der Waals surface area contributed by atoms with E-state index in [-0.39, 0.29) is 11.8 Å². The third-order valence-electron chi connectivity index (χ3n) is 4.81. The molecule has 0 atom stereocenters. The Balaban J connectivity index is 1.70. The molecule has 0 aliphatic carbocycles. The lowest BCUT2D eigenvalue weighted by Gasteiger charge is -2.07. The summed E-state index contributed by atoms with van der Waals surface area (Å²) in [7, 11) is 1.63. The molecule has 1 N–H and O–H groups in total. The van der Waals surface area contributed by atoms with Gasteiger partial charge in [0.05, 0.1) is 18.0 Å². The van der Waals surface area contributed by atoms with E-state index in [2.05, 4.69) is 4.99 Å². The Morgan fingerprint density at radius 2 is 1.96 bits per heavy atom. The first-order valence-electron chi connectivity index (χ1n) is 8.78. The highest BCUT2D eigenvalue weighted by atomic mass is 32.1. The number of para-hydroxylation sites is 1. The Hall–Kier alpha value is -2.77. The second-order valence-electron chi connectivity index (χ2n) is 6.53. The van der Waals surface area contributed by atoms with Crippen molar-refractivity contribution < 1.29 is 14.6 Å². The van der Waals surface area contributed by atoms with Gasteiger partial charge in [-0.15, -0.1) is 11.3 Å².